The lowest BCUT2D eigenvalue weighted by molar-refractivity contribution is 0.0965. The fourth-order valence-electron chi connectivity index (χ4n) is 19.8. The largest absolute Gasteiger partial charge is 0.494 e. The Bertz CT molecular complexity index is 7190. The van der Waals surface area contributed by atoms with Crippen molar-refractivity contribution >= 4 is 98.8 Å². The maximum absolute atomic E-state index is 13.4. The van der Waals surface area contributed by atoms with Gasteiger partial charge < -0.3 is 54.8 Å². The number of rotatable bonds is 25. The summed E-state index contributed by atoms with van der Waals surface area (Å²) in [7, 11) is -16.8. The van der Waals surface area contributed by atoms with E-state index in [0.717, 1.165) is 74.1 Å². The first-order chi connectivity index (χ1) is 68.6. The summed E-state index contributed by atoms with van der Waals surface area (Å²) < 4.78 is 155. The fourth-order valence-corrected chi connectivity index (χ4v) is 23.9. The number of sulfonamides is 3. The number of benzene rings is 4. The number of aryl methyl sites for hydroxylation is 1. The highest BCUT2D eigenvalue weighted by Crippen LogP contribution is 2.45. The van der Waals surface area contributed by atoms with Gasteiger partial charge in [-0.25, -0.2) is 56.6 Å². The molecule has 18 rings (SSSR count). The van der Waals surface area contributed by atoms with E-state index in [4.69, 9.17) is 45.1 Å². The van der Waals surface area contributed by atoms with Crippen molar-refractivity contribution in [1.29, 1.82) is 0 Å². The zero-order chi connectivity index (χ0) is 104. The smallest absolute Gasteiger partial charge is 0.304 e. The number of hydrogen-bond acceptors (Lipinski definition) is 31. The Morgan fingerprint density at radius 1 is 0.469 bits per heavy atom. The van der Waals surface area contributed by atoms with Crippen molar-refractivity contribution < 1.29 is 85.7 Å². The van der Waals surface area contributed by atoms with E-state index in [1.165, 1.54) is 71.2 Å². The van der Waals surface area contributed by atoms with E-state index in [1.54, 1.807) is 91.3 Å². The molecule has 0 spiro atoms. The molecule has 7 aliphatic rings. The van der Waals surface area contributed by atoms with Gasteiger partial charge in [-0.2, -0.15) is 39.5 Å². The highest BCUT2D eigenvalue weighted by atomic mass is 32.2. The molecule has 6 aliphatic heterocycles. The third kappa shape index (κ3) is 24.9. The number of aromatic nitrogens is 7. The molecule has 5 fully saturated rings. The van der Waals surface area contributed by atoms with Gasteiger partial charge >= 0.3 is 10.2 Å². The Balaban J connectivity index is 0.000000145. The fraction of sp³-hybridized carbons (Fsp3) is 0.385. The molecule has 1 aliphatic carbocycles. The Morgan fingerprint density at radius 2 is 0.931 bits per heavy atom. The molecule has 11 aromatic rings. The van der Waals surface area contributed by atoms with Gasteiger partial charge in [-0.1, -0.05) is 52.0 Å². The topological polar surface area (TPSA) is 475 Å². The normalized spacial score (nSPS) is 19.2. The highest BCUT2D eigenvalue weighted by Gasteiger charge is 2.45. The third-order valence-corrected chi connectivity index (χ3v) is 31.4. The van der Waals surface area contributed by atoms with E-state index in [1.807, 2.05) is 54.3 Å². The molecular formula is C104H121FN18O18S4. The summed E-state index contributed by atoms with van der Waals surface area (Å²) in [5.41, 5.74) is 16.6. The predicted octanol–water partition coefficient (Wildman–Crippen LogP) is 14.5. The summed E-state index contributed by atoms with van der Waals surface area (Å²) in [5.74, 6) is 2.50. The van der Waals surface area contributed by atoms with Crippen LogP contribution in [0.3, 0.4) is 0 Å². The average Bonchev–Trinajstić information content (AvgIpc) is 1.73. The van der Waals surface area contributed by atoms with Crippen LogP contribution in [0.5, 0.6) is 34.8 Å². The van der Waals surface area contributed by atoms with Crippen molar-refractivity contribution in [1.82, 2.24) is 58.1 Å². The number of pyridine rings is 7. The van der Waals surface area contributed by atoms with Crippen LogP contribution in [0.2, 0.25) is 0 Å². The van der Waals surface area contributed by atoms with Crippen molar-refractivity contribution in [2.24, 2.45) is 29.4 Å². The summed E-state index contributed by atoms with van der Waals surface area (Å²) in [6, 6.07) is 48.2. The summed E-state index contributed by atoms with van der Waals surface area (Å²) >= 11 is 0. The van der Waals surface area contributed by atoms with Crippen molar-refractivity contribution in [2.75, 3.05) is 84.4 Å². The number of halogens is 1. The van der Waals surface area contributed by atoms with E-state index in [-0.39, 0.29) is 108 Å². The van der Waals surface area contributed by atoms with Gasteiger partial charge in [0.25, 0.3) is 53.7 Å². The van der Waals surface area contributed by atoms with E-state index in [9.17, 15) is 62.0 Å². The van der Waals surface area contributed by atoms with Gasteiger partial charge in [0.2, 0.25) is 11.8 Å². The molecule has 13 heterocycles. The number of ether oxygens (including phenoxy) is 5. The number of carbonyl (C=O) groups excluding carboxylic acids is 5. The van der Waals surface area contributed by atoms with Gasteiger partial charge in [-0.05, 0) is 288 Å². The van der Waals surface area contributed by atoms with Gasteiger partial charge in [0.15, 0.2) is 27.3 Å². The van der Waals surface area contributed by atoms with Crippen LogP contribution in [-0.4, -0.2) is 190 Å². The minimum Gasteiger partial charge on any atom is -0.494 e. The Kier molecular flexibility index (Phi) is 31.4. The van der Waals surface area contributed by atoms with Gasteiger partial charge in [-0.3, -0.25) is 24.0 Å². The van der Waals surface area contributed by atoms with Gasteiger partial charge in [0.1, 0.15) is 71.1 Å². The molecule has 5 saturated heterocycles. The number of carbonyl (C=O) groups is 5. The lowest BCUT2D eigenvalue weighted by Gasteiger charge is -2.34. The van der Waals surface area contributed by atoms with E-state index < -0.39 is 63.9 Å². The van der Waals surface area contributed by atoms with Gasteiger partial charge in [0, 0.05) is 121 Å². The number of ketones is 1. The number of anilines is 5. The minimum atomic E-state index is -4.31. The summed E-state index contributed by atoms with van der Waals surface area (Å²) in [5, 5.41) is -0.708. The van der Waals surface area contributed by atoms with Crippen LogP contribution < -0.4 is 73.6 Å². The van der Waals surface area contributed by atoms with Gasteiger partial charge in [-0.15, -0.1) is 0 Å². The molecule has 36 nitrogen and oxygen atoms in total. The number of nitrogens with zero attached hydrogens (tertiary/aromatic N) is 12. The van der Waals surface area contributed by atoms with Crippen LogP contribution in [-0.2, 0) is 53.3 Å². The number of hydrogen-bond donors (Lipinski definition) is 6. The first-order valence-electron chi connectivity index (χ1n) is 47.9. The van der Waals surface area contributed by atoms with Crippen molar-refractivity contribution in [3.05, 3.63) is 245 Å². The molecule has 8 N–H and O–H groups in total. The molecule has 4 aromatic carbocycles. The minimum absolute atomic E-state index is 0.0530. The lowest BCUT2D eigenvalue weighted by atomic mass is 9.91. The molecule has 766 valence electrons. The SMILES string of the molecule is CC1CN(c2ncccc2C(=O)NS(=O)(=O)c2cccc(OCc3ccc(F)cc3)n2)C(C)(C)C1.CC1CN(c2ncccc2C(=O)NS(=O)(=O)c2cccc(Oc3ccc4c(c3)CCCC4=O)n2)C(C)(C)C1.CCOc1ccc(-c2ccc(C(=O)NS(=O)(=O)N3CC[C@H](N)C3)c(N3C[C@@H](C)CC3(C)C)n2)cc1.C[C@H]1CN(c2nc(-c3ccc4c(c3)OCCO4)ccc2C(=O)NS(=O)(=O)c2cccnc2N)C(C)(C)C1. The quantitative estimate of drug-likeness (QED) is 0.0309. The van der Waals surface area contributed by atoms with Crippen LogP contribution >= 0.6 is 0 Å². The number of nitrogens with two attached hydrogens (primary N) is 2. The zero-order valence-corrected chi connectivity index (χ0v) is 86.3. The lowest BCUT2D eigenvalue weighted by Crippen LogP contribution is -2.44. The standard InChI is InChI=1S/C28H30N4O5S.C26H29N5O5S.C25H27FN4O4S.C25H35N5O4S/c1-18-16-28(2,3)32(17-18)26-22(8-6-14-29-26)27(34)31-38(35,36)25-11-5-10-24(30-25)37-20-12-13-21-19(15-20)7-4-9-23(21)33;1-16-14-26(2,3)31(15-16)24-18(25(32)30-37(33,34)22-5-4-10-28-23(22)27)7-8-19(29-24)17-6-9-20-21(13-17)36-12-11-35-20;1-17-14-25(2,3)30(15-17)23-20(6-5-13-27-23)24(31)29-35(32,33)22-8-4-7-21(28-22)34-16-18-9-11-19(26)12-10-18;1-5-34-20-8-6-18(7-9-20)22-11-10-21(23(27-22)30-15-17(2)14-25(30,3)4)24(31)28-35(32,33)29-13-12-19(26)16-29/h5-6,8,10-15,18H,4,7,9,16-17H2,1-3H3,(H,31,34);4-10,13,16H,11-12,14-15H2,1-3H3,(H2,27,28)(H,30,32);4-13,17H,14-16H2,1-3H3,(H,29,31);6-11,17,19H,5,12-16,26H2,1-4H3,(H,28,31)/t;16-;;17-,19-/m.1.0/s1. The first kappa shape index (κ1) is 105. The predicted molar refractivity (Wildman–Crippen MR) is 547 cm³/mol. The zero-order valence-electron chi connectivity index (χ0n) is 83.0. The molecule has 7 aromatic heterocycles. The number of Topliss-reactive ketones (excluding diaryl/α,β-unsaturated/α-hetero) is 1. The molecule has 0 saturated carbocycles. The van der Waals surface area contributed by atoms with Crippen LogP contribution in [0.15, 0.2) is 216 Å². The van der Waals surface area contributed by atoms with E-state index in [2.05, 4.69) is 142 Å². The number of fused-ring (bicyclic) bond motifs is 2. The maximum Gasteiger partial charge on any atom is 0.304 e. The molecule has 4 amide bonds. The van der Waals surface area contributed by atoms with Crippen LogP contribution in [0, 0.1) is 29.5 Å². The second kappa shape index (κ2) is 43.2. The van der Waals surface area contributed by atoms with Crippen molar-refractivity contribution in [2.45, 2.75) is 191 Å². The van der Waals surface area contributed by atoms with Crippen molar-refractivity contribution in [3.8, 4) is 57.3 Å². The molecule has 0 bridgehead atoms. The molecule has 41 heteroatoms. The Hall–Kier alpha value is -13.9. The molecule has 2 unspecified atom stereocenters. The summed E-state index contributed by atoms with van der Waals surface area (Å²) in [6.07, 6.45) is 10.9. The monoisotopic (exact) mass is 2060 g/mol. The first-order valence-corrected chi connectivity index (χ1v) is 53.8. The van der Waals surface area contributed by atoms with Crippen LogP contribution in [0.1, 0.15) is 198 Å². The van der Waals surface area contributed by atoms with E-state index in [0.29, 0.717) is 139 Å². The number of nitrogen functional groups attached to an aromatic ring is 1. The summed E-state index contributed by atoms with van der Waals surface area (Å²) in [4.78, 5) is 104. The second-order valence-electron chi connectivity index (χ2n) is 39.9. The third-order valence-electron chi connectivity index (χ3n) is 26.1. The van der Waals surface area contributed by atoms with Crippen LogP contribution in [0.4, 0.5) is 33.5 Å². The molecule has 145 heavy (non-hydrogen) atoms. The number of amides is 4. The molecule has 5 atom stereocenters. The highest BCUT2D eigenvalue weighted by molar-refractivity contribution is 7.90. The Labute approximate surface area is 844 Å². The average molecular weight is 2060 g/mol. The molecular weight excluding hydrogens is 1940 g/mol. The second-order valence-corrected chi connectivity index (χ2v) is 46.5. The Morgan fingerprint density at radius 3 is 1.43 bits per heavy atom. The summed E-state index contributed by atoms with van der Waals surface area (Å²) in [6.45, 7) is 32.2. The van der Waals surface area contributed by atoms with E-state index >= 15 is 0 Å². The molecule has 0 radical (unpaired) electrons. The van der Waals surface area contributed by atoms with Crippen LogP contribution in [0.25, 0.3) is 22.5 Å². The van der Waals surface area contributed by atoms with Crippen molar-refractivity contribution in [3.63, 3.8) is 0 Å². The number of nitrogens with one attached hydrogen (secondary N) is 4. The van der Waals surface area contributed by atoms with Gasteiger partial charge in [0.05, 0.1) is 40.2 Å². The maximum atomic E-state index is 13.4.